The monoisotopic (exact) mass is 704 g/mol. The van der Waals surface area contributed by atoms with E-state index in [0.717, 1.165) is 46.0 Å². The molecule has 0 amide bonds. The minimum absolute atomic E-state index is 0.232. The van der Waals surface area contributed by atoms with Crippen LogP contribution >= 0.6 is 0 Å². The topological polar surface area (TPSA) is 44.9 Å². The number of rotatable bonds is 4. The molecule has 260 valence electrons. The lowest BCUT2D eigenvalue weighted by Gasteiger charge is -2.33. The van der Waals surface area contributed by atoms with Crippen LogP contribution in [0, 0.1) is 11.3 Å². The number of aryl methyl sites for hydroxylation is 1. The van der Waals surface area contributed by atoms with Crippen molar-refractivity contribution in [3.8, 4) is 45.1 Å². The summed E-state index contributed by atoms with van der Waals surface area (Å²) in [6.45, 7) is 6.76. The predicted octanol–water partition coefficient (Wildman–Crippen LogP) is 13.2. The van der Waals surface area contributed by atoms with Gasteiger partial charge in [-0.1, -0.05) is 118 Å². The lowest BCUT2D eigenvalue weighted by atomic mass is 9.80. The van der Waals surface area contributed by atoms with Crippen molar-refractivity contribution in [2.75, 3.05) is 4.90 Å². The van der Waals surface area contributed by atoms with Gasteiger partial charge in [-0.2, -0.15) is 5.26 Å². The standard InChI is InChI=1S/C51H36N4/c1-4-47-53-43-19-12-20-45-50(43)55(47)44-26-23-33(29-46(44)54(45)34-13-6-5-7-14-34)49-39-17-10-8-15-37(39)48(38-16-9-11-18-40(38)49)32-22-25-36-35-24-21-31(30-52)27-41(35)51(2,3)42(36)28-32/h5-29H,4H2,1-3H3. The fraction of sp³-hybridized carbons (Fsp3) is 0.0980. The molecule has 1 aliphatic carbocycles. The predicted molar refractivity (Wildman–Crippen MR) is 227 cm³/mol. The average Bonchev–Trinajstić information content (AvgIpc) is 3.72. The number of anilines is 3. The van der Waals surface area contributed by atoms with Crippen molar-refractivity contribution >= 4 is 49.6 Å². The third-order valence-corrected chi connectivity index (χ3v) is 12.1. The summed E-state index contributed by atoms with van der Waals surface area (Å²) in [6, 6.07) is 57.5. The Bertz CT molecular complexity index is 3070. The van der Waals surface area contributed by atoms with Crippen molar-refractivity contribution in [2.24, 2.45) is 0 Å². The molecule has 0 saturated carbocycles. The van der Waals surface area contributed by atoms with E-state index in [1.807, 2.05) is 6.07 Å². The summed E-state index contributed by atoms with van der Waals surface area (Å²) >= 11 is 0. The Kier molecular flexibility index (Phi) is 6.61. The van der Waals surface area contributed by atoms with Crippen LogP contribution in [0.5, 0.6) is 0 Å². The van der Waals surface area contributed by atoms with Gasteiger partial charge in [-0.05, 0) is 121 Å². The van der Waals surface area contributed by atoms with Crippen LogP contribution in [0.4, 0.5) is 17.1 Å². The van der Waals surface area contributed by atoms with Gasteiger partial charge in [-0.3, -0.25) is 4.57 Å². The Hall–Kier alpha value is -6.96. The number of benzene rings is 8. The molecule has 4 heteroatoms. The summed E-state index contributed by atoms with van der Waals surface area (Å²) in [5.74, 6) is 1.07. The summed E-state index contributed by atoms with van der Waals surface area (Å²) in [7, 11) is 0. The van der Waals surface area contributed by atoms with Gasteiger partial charge < -0.3 is 4.90 Å². The summed E-state index contributed by atoms with van der Waals surface area (Å²) in [5.41, 5.74) is 17.0. The summed E-state index contributed by atoms with van der Waals surface area (Å²) in [4.78, 5) is 7.51. The summed E-state index contributed by atoms with van der Waals surface area (Å²) in [6.07, 6.45) is 0.838. The maximum atomic E-state index is 9.70. The van der Waals surface area contributed by atoms with Gasteiger partial charge in [-0.25, -0.2) is 4.98 Å². The highest BCUT2D eigenvalue weighted by atomic mass is 15.2. The van der Waals surface area contributed by atoms with Crippen molar-refractivity contribution in [2.45, 2.75) is 32.6 Å². The summed E-state index contributed by atoms with van der Waals surface area (Å²) in [5, 5.41) is 14.6. The van der Waals surface area contributed by atoms with E-state index >= 15 is 0 Å². The van der Waals surface area contributed by atoms with Gasteiger partial charge in [0, 0.05) is 17.5 Å². The van der Waals surface area contributed by atoms with Gasteiger partial charge in [0.2, 0.25) is 0 Å². The number of hydrogen-bond acceptors (Lipinski definition) is 3. The van der Waals surface area contributed by atoms with Gasteiger partial charge >= 0.3 is 0 Å². The van der Waals surface area contributed by atoms with Crippen molar-refractivity contribution < 1.29 is 0 Å². The van der Waals surface area contributed by atoms with Crippen LogP contribution in [0.2, 0.25) is 0 Å². The number of fused-ring (bicyclic) bond motifs is 7. The Morgan fingerprint density at radius 2 is 1.18 bits per heavy atom. The van der Waals surface area contributed by atoms with E-state index in [9.17, 15) is 5.26 Å². The zero-order valence-electron chi connectivity index (χ0n) is 30.9. The molecule has 1 aliphatic heterocycles. The third-order valence-electron chi connectivity index (χ3n) is 12.1. The molecule has 0 N–H and O–H groups in total. The second-order valence-electron chi connectivity index (χ2n) is 15.3. The largest absolute Gasteiger partial charge is 0.306 e. The zero-order chi connectivity index (χ0) is 37.0. The van der Waals surface area contributed by atoms with Gasteiger partial charge in [0.25, 0.3) is 0 Å². The Balaban J connectivity index is 1.16. The van der Waals surface area contributed by atoms with Crippen molar-refractivity contribution in [1.82, 2.24) is 9.55 Å². The van der Waals surface area contributed by atoms with Crippen LogP contribution in [-0.4, -0.2) is 9.55 Å². The second kappa shape index (κ2) is 11.5. The van der Waals surface area contributed by atoms with Crippen LogP contribution in [0.1, 0.15) is 43.3 Å². The van der Waals surface area contributed by atoms with E-state index in [0.29, 0.717) is 5.56 Å². The molecule has 4 nitrogen and oxygen atoms in total. The SMILES string of the molecule is CCc1nc2cccc3c2n1-c1ccc(-c2c4ccccc4c(-c4ccc5c(c4)C(C)(C)c4cc(C#N)ccc4-5)c4ccccc24)cc1N3c1ccccc1. The van der Waals surface area contributed by atoms with E-state index in [4.69, 9.17) is 4.98 Å². The Labute approximate surface area is 320 Å². The van der Waals surface area contributed by atoms with Gasteiger partial charge in [0.1, 0.15) is 5.82 Å². The molecule has 1 aromatic heterocycles. The third kappa shape index (κ3) is 4.35. The molecule has 0 fully saturated rings. The molecule has 11 rings (SSSR count). The fourth-order valence-corrected chi connectivity index (χ4v) is 9.58. The Morgan fingerprint density at radius 3 is 1.84 bits per heavy atom. The highest BCUT2D eigenvalue weighted by molar-refractivity contribution is 6.22. The Morgan fingerprint density at radius 1 is 0.582 bits per heavy atom. The molecule has 2 heterocycles. The van der Waals surface area contributed by atoms with E-state index in [-0.39, 0.29) is 5.41 Å². The molecular formula is C51H36N4. The molecule has 0 atom stereocenters. The lowest BCUT2D eigenvalue weighted by molar-refractivity contribution is 0.660. The fourth-order valence-electron chi connectivity index (χ4n) is 9.58. The maximum absolute atomic E-state index is 9.70. The number of para-hydroxylation sites is 2. The lowest BCUT2D eigenvalue weighted by Crippen LogP contribution is -2.19. The molecule has 2 aliphatic rings. The number of imidazole rings is 1. The first-order valence-electron chi connectivity index (χ1n) is 19.1. The van der Waals surface area contributed by atoms with E-state index in [1.54, 1.807) is 0 Å². The van der Waals surface area contributed by atoms with Crippen LogP contribution in [0.3, 0.4) is 0 Å². The van der Waals surface area contributed by atoms with Crippen molar-refractivity contribution in [1.29, 1.82) is 5.26 Å². The molecule has 0 saturated heterocycles. The van der Waals surface area contributed by atoms with Crippen LogP contribution in [-0.2, 0) is 11.8 Å². The molecule has 8 aromatic carbocycles. The smallest absolute Gasteiger partial charge is 0.114 e. The quantitative estimate of drug-likeness (QED) is 0.171. The number of aromatic nitrogens is 2. The molecule has 0 unspecified atom stereocenters. The second-order valence-corrected chi connectivity index (χ2v) is 15.3. The van der Waals surface area contributed by atoms with E-state index in [2.05, 4.69) is 182 Å². The highest BCUT2D eigenvalue weighted by Crippen LogP contribution is 2.53. The first kappa shape index (κ1) is 31.6. The molecule has 9 aromatic rings. The van der Waals surface area contributed by atoms with Crippen LogP contribution in [0.15, 0.2) is 152 Å². The number of hydrogen-bond donors (Lipinski definition) is 0. The van der Waals surface area contributed by atoms with Gasteiger partial charge in [0.05, 0.1) is 39.7 Å². The average molecular weight is 705 g/mol. The minimum Gasteiger partial charge on any atom is -0.306 e. The number of nitriles is 1. The normalized spacial score (nSPS) is 13.5. The summed E-state index contributed by atoms with van der Waals surface area (Å²) < 4.78 is 2.37. The van der Waals surface area contributed by atoms with Crippen LogP contribution < -0.4 is 4.90 Å². The van der Waals surface area contributed by atoms with Crippen molar-refractivity contribution in [3.63, 3.8) is 0 Å². The number of nitrogens with zero attached hydrogens (tertiary/aromatic N) is 4. The molecule has 0 bridgehead atoms. The molecule has 0 spiro atoms. The van der Waals surface area contributed by atoms with Crippen LogP contribution in [0.25, 0.3) is 71.6 Å². The maximum Gasteiger partial charge on any atom is 0.114 e. The molecular weight excluding hydrogens is 669 g/mol. The first-order chi connectivity index (χ1) is 27.0. The van der Waals surface area contributed by atoms with E-state index in [1.165, 1.54) is 66.1 Å². The first-order valence-corrected chi connectivity index (χ1v) is 19.1. The molecule has 55 heavy (non-hydrogen) atoms. The zero-order valence-corrected chi connectivity index (χ0v) is 30.9. The van der Waals surface area contributed by atoms with Crippen molar-refractivity contribution in [3.05, 3.63) is 174 Å². The van der Waals surface area contributed by atoms with E-state index < -0.39 is 0 Å². The highest BCUT2D eigenvalue weighted by Gasteiger charge is 2.36. The van der Waals surface area contributed by atoms with Gasteiger partial charge in [0.15, 0.2) is 0 Å². The van der Waals surface area contributed by atoms with Gasteiger partial charge in [-0.15, -0.1) is 0 Å². The minimum atomic E-state index is -0.232. The molecule has 0 radical (unpaired) electrons.